The smallest absolute Gasteiger partial charge is 0.243 e. The number of carbonyl (C=O) groups is 1. The van der Waals surface area contributed by atoms with Gasteiger partial charge in [0.2, 0.25) is 15.9 Å². The SMILES string of the molecule is COc1ccc(-c2csc(NC(=O)C3CCCN(S(=O)(=O)c4ccc(F)cc4)C3)n2)c(OC)c1. The third-order valence-corrected chi connectivity index (χ3v) is 8.26. The van der Waals surface area contributed by atoms with Gasteiger partial charge in [0, 0.05) is 30.1 Å². The van der Waals surface area contributed by atoms with Crippen LogP contribution in [0.4, 0.5) is 9.52 Å². The Balaban J connectivity index is 1.45. The summed E-state index contributed by atoms with van der Waals surface area (Å²) in [5.74, 6) is -0.0726. The van der Waals surface area contributed by atoms with Crippen molar-refractivity contribution in [1.82, 2.24) is 9.29 Å². The van der Waals surface area contributed by atoms with Crippen LogP contribution in [0, 0.1) is 11.7 Å². The number of carbonyl (C=O) groups excluding carboxylic acids is 1. The quantitative estimate of drug-likeness (QED) is 0.521. The van der Waals surface area contributed by atoms with E-state index < -0.39 is 21.8 Å². The number of sulfonamides is 1. The van der Waals surface area contributed by atoms with Crippen LogP contribution in [-0.4, -0.2) is 50.9 Å². The molecule has 1 fully saturated rings. The molecule has 0 bridgehead atoms. The Kier molecular flexibility index (Phi) is 7.15. The van der Waals surface area contributed by atoms with Gasteiger partial charge < -0.3 is 14.8 Å². The maximum atomic E-state index is 13.2. The molecule has 1 N–H and O–H groups in total. The fourth-order valence-corrected chi connectivity index (χ4v) is 6.04. The van der Waals surface area contributed by atoms with Crippen LogP contribution in [0.1, 0.15) is 12.8 Å². The van der Waals surface area contributed by atoms with Gasteiger partial charge in [-0.2, -0.15) is 4.31 Å². The van der Waals surface area contributed by atoms with Crippen molar-refractivity contribution in [3.05, 3.63) is 53.7 Å². The number of benzene rings is 2. The number of nitrogens with one attached hydrogen (secondary N) is 1. The first-order valence-corrected chi connectivity index (χ1v) is 12.9. The Morgan fingerprint density at radius 2 is 1.94 bits per heavy atom. The molecule has 2 aromatic carbocycles. The van der Waals surface area contributed by atoms with Gasteiger partial charge in [0.1, 0.15) is 17.3 Å². The molecule has 4 rings (SSSR count). The van der Waals surface area contributed by atoms with Crippen molar-refractivity contribution >= 4 is 32.4 Å². The number of halogens is 1. The van der Waals surface area contributed by atoms with Gasteiger partial charge in [0.15, 0.2) is 5.13 Å². The largest absolute Gasteiger partial charge is 0.497 e. The lowest BCUT2D eigenvalue weighted by molar-refractivity contribution is -0.120. The molecule has 34 heavy (non-hydrogen) atoms. The highest BCUT2D eigenvalue weighted by molar-refractivity contribution is 7.89. The Bertz CT molecular complexity index is 1280. The van der Waals surface area contributed by atoms with E-state index in [4.69, 9.17) is 9.47 Å². The van der Waals surface area contributed by atoms with Crippen LogP contribution >= 0.6 is 11.3 Å². The summed E-state index contributed by atoms with van der Waals surface area (Å²) in [6.45, 7) is 0.359. The predicted molar refractivity (Wildman–Crippen MR) is 127 cm³/mol. The Morgan fingerprint density at radius 3 is 2.65 bits per heavy atom. The minimum Gasteiger partial charge on any atom is -0.497 e. The zero-order valence-electron chi connectivity index (χ0n) is 18.7. The van der Waals surface area contributed by atoms with Crippen LogP contribution in [0.25, 0.3) is 11.3 Å². The summed E-state index contributed by atoms with van der Waals surface area (Å²) >= 11 is 1.27. The highest BCUT2D eigenvalue weighted by Crippen LogP contribution is 2.35. The molecule has 1 amide bonds. The summed E-state index contributed by atoms with van der Waals surface area (Å²) in [6.07, 6.45) is 1.11. The van der Waals surface area contributed by atoms with E-state index in [0.717, 1.165) is 17.7 Å². The first kappa shape index (κ1) is 24.1. The molecule has 180 valence electrons. The molecule has 0 spiro atoms. The van der Waals surface area contributed by atoms with E-state index in [0.29, 0.717) is 41.7 Å². The summed E-state index contributed by atoms with van der Waals surface area (Å²) in [5.41, 5.74) is 1.40. The van der Waals surface area contributed by atoms with E-state index >= 15 is 0 Å². The number of methoxy groups -OCH3 is 2. The summed E-state index contributed by atoms with van der Waals surface area (Å²) in [5, 5.41) is 5.04. The van der Waals surface area contributed by atoms with Gasteiger partial charge in [-0.15, -0.1) is 11.3 Å². The lowest BCUT2D eigenvalue weighted by atomic mass is 9.99. The molecule has 2 heterocycles. The topological polar surface area (TPSA) is 97.8 Å². The van der Waals surface area contributed by atoms with Gasteiger partial charge in [-0.25, -0.2) is 17.8 Å². The number of piperidine rings is 1. The second-order valence-electron chi connectivity index (χ2n) is 7.75. The molecule has 8 nitrogen and oxygen atoms in total. The predicted octanol–water partition coefficient (Wildman–Crippen LogP) is 4.01. The fraction of sp³-hybridized carbons (Fsp3) is 0.304. The molecule has 1 unspecified atom stereocenters. The normalized spacial score (nSPS) is 16.7. The van der Waals surface area contributed by atoms with E-state index in [1.54, 1.807) is 26.4 Å². The van der Waals surface area contributed by atoms with Crippen molar-refractivity contribution in [2.24, 2.45) is 5.92 Å². The third-order valence-electron chi connectivity index (χ3n) is 5.63. The molecular formula is C23H24FN3O5S2. The molecule has 1 aliphatic rings. The number of amides is 1. The second-order valence-corrected chi connectivity index (χ2v) is 10.5. The second kappa shape index (κ2) is 10.1. The van der Waals surface area contributed by atoms with E-state index in [1.807, 2.05) is 11.4 Å². The van der Waals surface area contributed by atoms with E-state index in [1.165, 1.54) is 27.8 Å². The number of ether oxygens (including phenoxy) is 2. The average molecular weight is 506 g/mol. The monoisotopic (exact) mass is 505 g/mol. The van der Waals surface area contributed by atoms with Crippen molar-refractivity contribution in [3.8, 4) is 22.8 Å². The van der Waals surface area contributed by atoms with E-state index in [9.17, 15) is 17.6 Å². The van der Waals surface area contributed by atoms with Crippen LogP contribution in [0.5, 0.6) is 11.5 Å². The van der Waals surface area contributed by atoms with Crippen LogP contribution < -0.4 is 14.8 Å². The molecule has 1 aromatic heterocycles. The van der Waals surface area contributed by atoms with Crippen LogP contribution in [0.2, 0.25) is 0 Å². The van der Waals surface area contributed by atoms with Crippen LogP contribution in [0.15, 0.2) is 52.7 Å². The van der Waals surface area contributed by atoms with Crippen molar-refractivity contribution < 1.29 is 27.1 Å². The molecule has 0 radical (unpaired) electrons. The maximum absolute atomic E-state index is 13.2. The van der Waals surface area contributed by atoms with Gasteiger partial charge in [-0.1, -0.05) is 0 Å². The first-order valence-electron chi connectivity index (χ1n) is 10.6. The third kappa shape index (κ3) is 5.06. The molecule has 0 saturated carbocycles. The lowest BCUT2D eigenvalue weighted by Gasteiger charge is -2.31. The summed E-state index contributed by atoms with van der Waals surface area (Å²) in [7, 11) is -0.685. The van der Waals surface area contributed by atoms with Gasteiger partial charge in [0.25, 0.3) is 0 Å². The lowest BCUT2D eigenvalue weighted by Crippen LogP contribution is -2.43. The zero-order valence-corrected chi connectivity index (χ0v) is 20.3. The number of thiazole rings is 1. The first-order chi connectivity index (χ1) is 16.3. The zero-order chi connectivity index (χ0) is 24.3. The minimum atomic E-state index is -3.81. The number of nitrogens with zero attached hydrogens (tertiary/aromatic N) is 2. The Hall–Kier alpha value is -3.02. The molecular weight excluding hydrogens is 481 g/mol. The molecule has 1 atom stereocenters. The van der Waals surface area contributed by atoms with Crippen LogP contribution in [-0.2, 0) is 14.8 Å². The van der Waals surface area contributed by atoms with Gasteiger partial charge in [-0.05, 0) is 49.2 Å². The van der Waals surface area contributed by atoms with Gasteiger partial charge >= 0.3 is 0 Å². The number of hydrogen-bond donors (Lipinski definition) is 1. The van der Waals surface area contributed by atoms with Gasteiger partial charge in [-0.3, -0.25) is 4.79 Å². The van der Waals surface area contributed by atoms with Crippen molar-refractivity contribution in [3.63, 3.8) is 0 Å². The van der Waals surface area contributed by atoms with Crippen molar-refractivity contribution in [2.45, 2.75) is 17.7 Å². The summed E-state index contributed by atoms with van der Waals surface area (Å²) in [6, 6.07) is 10.1. The Labute approximate surface area is 201 Å². The average Bonchev–Trinajstić information content (AvgIpc) is 3.32. The molecule has 1 saturated heterocycles. The molecule has 0 aliphatic carbocycles. The number of hydrogen-bond acceptors (Lipinski definition) is 7. The maximum Gasteiger partial charge on any atom is 0.243 e. The fourth-order valence-electron chi connectivity index (χ4n) is 3.80. The van der Waals surface area contributed by atoms with Gasteiger partial charge in [0.05, 0.1) is 30.7 Å². The highest BCUT2D eigenvalue weighted by atomic mass is 32.2. The van der Waals surface area contributed by atoms with E-state index in [-0.39, 0.29) is 17.3 Å². The summed E-state index contributed by atoms with van der Waals surface area (Å²) < 4.78 is 51.0. The molecule has 1 aliphatic heterocycles. The van der Waals surface area contributed by atoms with Crippen molar-refractivity contribution in [2.75, 3.05) is 32.6 Å². The highest BCUT2D eigenvalue weighted by Gasteiger charge is 2.33. The molecule has 11 heteroatoms. The number of rotatable bonds is 7. The van der Waals surface area contributed by atoms with E-state index in [2.05, 4.69) is 10.3 Å². The standard InChI is InChI=1S/C23H24FN3O5S2/c1-31-17-7-10-19(21(12-17)32-2)20-14-33-23(25-20)26-22(28)15-4-3-11-27(13-15)34(29,30)18-8-5-16(24)6-9-18/h5-10,12,14-15H,3-4,11,13H2,1-2H3,(H,25,26,28). The summed E-state index contributed by atoms with van der Waals surface area (Å²) in [4.78, 5) is 17.4. The molecule has 3 aromatic rings. The van der Waals surface area contributed by atoms with Crippen molar-refractivity contribution in [1.29, 1.82) is 0 Å². The Morgan fingerprint density at radius 1 is 1.18 bits per heavy atom. The van der Waals surface area contributed by atoms with Crippen LogP contribution in [0.3, 0.4) is 0 Å². The minimum absolute atomic E-state index is 0.00737. The number of anilines is 1. The number of aromatic nitrogens is 1.